The van der Waals surface area contributed by atoms with E-state index in [1.165, 1.54) is 5.56 Å². The van der Waals surface area contributed by atoms with Gasteiger partial charge in [-0.1, -0.05) is 48.5 Å². The molecule has 2 saturated heterocycles. The highest BCUT2D eigenvalue weighted by molar-refractivity contribution is 5.93. The van der Waals surface area contributed by atoms with Crippen LogP contribution in [0.5, 0.6) is 0 Å². The molecule has 2 heterocycles. The molecule has 0 radical (unpaired) electrons. The minimum absolute atomic E-state index is 0.00514. The molecule has 7 heteroatoms. The first-order chi connectivity index (χ1) is 16.5. The van der Waals surface area contributed by atoms with Crippen LogP contribution in [0.15, 0.2) is 48.5 Å². The fourth-order valence-electron chi connectivity index (χ4n) is 4.79. The van der Waals surface area contributed by atoms with Crippen molar-refractivity contribution in [3.63, 3.8) is 0 Å². The Kier molecular flexibility index (Phi) is 8.32. The van der Waals surface area contributed by atoms with E-state index in [-0.39, 0.29) is 11.8 Å². The summed E-state index contributed by atoms with van der Waals surface area (Å²) in [5.74, 6) is 0.210. The standard InChI is InChI=1S/C27H37N5O2/c1-22-7-6-8-23(2)27(22)28-25(33)20-30-15-17-32(18-16-30)26(34)21-31-13-11-29(12-14-31)19-24-9-4-3-5-10-24/h3-10H,11-21H2,1-2H3,(H,28,33). The van der Waals surface area contributed by atoms with Crippen LogP contribution in [0.1, 0.15) is 16.7 Å². The van der Waals surface area contributed by atoms with Crippen molar-refractivity contribution in [3.05, 3.63) is 65.2 Å². The number of piperazine rings is 2. The average molecular weight is 464 g/mol. The number of para-hydroxylation sites is 1. The number of carbonyl (C=O) groups excluding carboxylic acids is 2. The van der Waals surface area contributed by atoms with Gasteiger partial charge in [-0.05, 0) is 30.5 Å². The van der Waals surface area contributed by atoms with Crippen LogP contribution in [0, 0.1) is 13.8 Å². The Morgan fingerprint density at radius 3 is 1.91 bits per heavy atom. The summed E-state index contributed by atoms with van der Waals surface area (Å²) in [4.78, 5) is 34.2. The molecule has 0 saturated carbocycles. The summed E-state index contributed by atoms with van der Waals surface area (Å²) in [6.07, 6.45) is 0. The minimum atomic E-state index is 0.00514. The van der Waals surface area contributed by atoms with E-state index >= 15 is 0 Å². The molecule has 2 aliphatic rings. The fourth-order valence-corrected chi connectivity index (χ4v) is 4.79. The maximum atomic E-state index is 12.9. The molecule has 0 spiro atoms. The Bertz CT molecular complexity index is 944. The summed E-state index contributed by atoms with van der Waals surface area (Å²) in [6, 6.07) is 16.6. The number of hydrogen-bond acceptors (Lipinski definition) is 5. The lowest BCUT2D eigenvalue weighted by atomic mass is 10.1. The molecule has 1 N–H and O–H groups in total. The van der Waals surface area contributed by atoms with Crippen LogP contribution in [0.25, 0.3) is 0 Å². The van der Waals surface area contributed by atoms with Crippen molar-refractivity contribution < 1.29 is 9.59 Å². The molecule has 7 nitrogen and oxygen atoms in total. The second kappa shape index (κ2) is 11.6. The summed E-state index contributed by atoms with van der Waals surface area (Å²) in [5.41, 5.74) is 4.40. The Balaban J connectivity index is 1.15. The van der Waals surface area contributed by atoms with Crippen LogP contribution in [-0.2, 0) is 16.1 Å². The zero-order chi connectivity index (χ0) is 23.9. The van der Waals surface area contributed by atoms with Crippen LogP contribution in [0.2, 0.25) is 0 Å². The minimum Gasteiger partial charge on any atom is -0.339 e. The first kappa shape index (κ1) is 24.4. The number of hydrogen-bond donors (Lipinski definition) is 1. The van der Waals surface area contributed by atoms with Crippen molar-refractivity contribution in [2.75, 3.05) is 70.8 Å². The predicted molar refractivity (Wildman–Crippen MR) is 136 cm³/mol. The van der Waals surface area contributed by atoms with Gasteiger partial charge < -0.3 is 10.2 Å². The molecule has 2 aromatic carbocycles. The largest absolute Gasteiger partial charge is 0.339 e. The molecule has 0 atom stereocenters. The van der Waals surface area contributed by atoms with Gasteiger partial charge in [-0.3, -0.25) is 24.3 Å². The van der Waals surface area contributed by atoms with Gasteiger partial charge in [-0.2, -0.15) is 0 Å². The van der Waals surface area contributed by atoms with Crippen LogP contribution < -0.4 is 5.32 Å². The highest BCUT2D eigenvalue weighted by Crippen LogP contribution is 2.19. The van der Waals surface area contributed by atoms with Crippen LogP contribution in [0.3, 0.4) is 0 Å². The van der Waals surface area contributed by atoms with E-state index in [1.807, 2.05) is 43.0 Å². The van der Waals surface area contributed by atoms with E-state index in [4.69, 9.17) is 0 Å². The van der Waals surface area contributed by atoms with Crippen molar-refractivity contribution in [2.45, 2.75) is 20.4 Å². The molecule has 2 aliphatic heterocycles. The van der Waals surface area contributed by atoms with Crippen molar-refractivity contribution in [3.8, 4) is 0 Å². The Morgan fingerprint density at radius 1 is 0.706 bits per heavy atom. The number of aryl methyl sites for hydroxylation is 2. The summed E-state index contributed by atoms with van der Waals surface area (Å²) in [6.45, 7) is 12.5. The van der Waals surface area contributed by atoms with E-state index < -0.39 is 0 Å². The lowest BCUT2D eigenvalue weighted by Crippen LogP contribution is -2.54. The maximum absolute atomic E-state index is 12.9. The van der Waals surface area contributed by atoms with E-state index in [2.05, 4.69) is 44.3 Å². The van der Waals surface area contributed by atoms with Gasteiger partial charge in [0.15, 0.2) is 0 Å². The van der Waals surface area contributed by atoms with E-state index in [9.17, 15) is 9.59 Å². The Morgan fingerprint density at radius 2 is 1.26 bits per heavy atom. The SMILES string of the molecule is Cc1cccc(C)c1NC(=O)CN1CCN(C(=O)CN2CCN(Cc3ccccc3)CC2)CC1. The van der Waals surface area contributed by atoms with Crippen LogP contribution >= 0.6 is 0 Å². The molecular weight excluding hydrogens is 426 g/mol. The van der Waals surface area contributed by atoms with Gasteiger partial charge >= 0.3 is 0 Å². The number of nitrogens with zero attached hydrogens (tertiary/aromatic N) is 4. The number of rotatable bonds is 7. The van der Waals surface area contributed by atoms with Crippen molar-refractivity contribution in [1.82, 2.24) is 19.6 Å². The summed E-state index contributed by atoms with van der Waals surface area (Å²) < 4.78 is 0. The van der Waals surface area contributed by atoms with Gasteiger partial charge in [0.2, 0.25) is 11.8 Å². The first-order valence-electron chi connectivity index (χ1n) is 12.3. The van der Waals surface area contributed by atoms with Crippen molar-refractivity contribution >= 4 is 17.5 Å². The fraction of sp³-hybridized carbons (Fsp3) is 0.481. The quantitative estimate of drug-likeness (QED) is 0.682. The molecule has 2 amide bonds. The predicted octanol–water partition coefficient (Wildman–Crippen LogP) is 2.20. The van der Waals surface area contributed by atoms with E-state index in [0.29, 0.717) is 26.2 Å². The van der Waals surface area contributed by atoms with Crippen molar-refractivity contribution in [1.29, 1.82) is 0 Å². The van der Waals surface area contributed by atoms with Gasteiger partial charge in [-0.25, -0.2) is 0 Å². The van der Waals surface area contributed by atoms with Crippen molar-refractivity contribution in [2.24, 2.45) is 0 Å². The summed E-state index contributed by atoms with van der Waals surface area (Å²) in [7, 11) is 0. The first-order valence-corrected chi connectivity index (χ1v) is 12.3. The maximum Gasteiger partial charge on any atom is 0.238 e. The number of amides is 2. The lowest BCUT2D eigenvalue weighted by molar-refractivity contribution is -0.134. The molecule has 4 rings (SSSR count). The molecule has 34 heavy (non-hydrogen) atoms. The zero-order valence-electron chi connectivity index (χ0n) is 20.5. The van der Waals surface area contributed by atoms with Gasteiger partial charge in [0.05, 0.1) is 13.1 Å². The average Bonchev–Trinajstić information content (AvgIpc) is 2.84. The third kappa shape index (κ3) is 6.65. The molecular formula is C27H37N5O2. The number of anilines is 1. The highest BCUT2D eigenvalue weighted by Gasteiger charge is 2.25. The van der Waals surface area contributed by atoms with Crippen LogP contribution in [0.4, 0.5) is 5.69 Å². The van der Waals surface area contributed by atoms with Gasteiger partial charge in [-0.15, -0.1) is 0 Å². The third-order valence-electron chi connectivity index (χ3n) is 6.91. The molecule has 2 fully saturated rings. The smallest absolute Gasteiger partial charge is 0.238 e. The highest BCUT2D eigenvalue weighted by atomic mass is 16.2. The second-order valence-corrected chi connectivity index (χ2v) is 9.51. The van der Waals surface area contributed by atoms with Crippen LogP contribution in [-0.4, -0.2) is 96.9 Å². The molecule has 0 aromatic heterocycles. The number of benzene rings is 2. The van der Waals surface area contributed by atoms with E-state index in [0.717, 1.165) is 62.6 Å². The van der Waals surface area contributed by atoms with Gasteiger partial charge in [0.25, 0.3) is 0 Å². The number of carbonyl (C=O) groups is 2. The monoisotopic (exact) mass is 463 g/mol. The Labute approximate surface area is 203 Å². The summed E-state index contributed by atoms with van der Waals surface area (Å²) >= 11 is 0. The Hall–Kier alpha value is -2.74. The second-order valence-electron chi connectivity index (χ2n) is 9.51. The summed E-state index contributed by atoms with van der Waals surface area (Å²) in [5, 5.41) is 3.06. The third-order valence-corrected chi connectivity index (χ3v) is 6.91. The molecule has 182 valence electrons. The van der Waals surface area contributed by atoms with E-state index in [1.54, 1.807) is 0 Å². The molecule has 0 unspecified atom stereocenters. The normalized spacial score (nSPS) is 18.1. The lowest BCUT2D eigenvalue weighted by Gasteiger charge is -2.37. The van der Waals surface area contributed by atoms with Gasteiger partial charge in [0.1, 0.15) is 0 Å². The molecule has 0 aliphatic carbocycles. The number of nitrogens with one attached hydrogen (secondary N) is 1. The molecule has 0 bridgehead atoms. The zero-order valence-corrected chi connectivity index (χ0v) is 20.5. The van der Waals surface area contributed by atoms with Gasteiger partial charge in [0, 0.05) is 64.6 Å². The topological polar surface area (TPSA) is 59.1 Å². The molecule has 2 aromatic rings.